The molecule has 2 rings (SSSR count). The molecule has 1 saturated carbocycles. The van der Waals surface area contributed by atoms with E-state index >= 15 is 0 Å². The van der Waals surface area contributed by atoms with Crippen LogP contribution in [-0.2, 0) is 0 Å². The van der Waals surface area contributed by atoms with Crippen LogP contribution < -0.4 is 14.2 Å². The van der Waals surface area contributed by atoms with Gasteiger partial charge in [0.25, 0.3) is 5.88 Å². The quantitative estimate of drug-likeness (QED) is 0.768. The summed E-state index contributed by atoms with van der Waals surface area (Å²) < 4.78 is 16.4. The minimum absolute atomic E-state index is 0.0856. The minimum atomic E-state index is 0.0856. The van der Waals surface area contributed by atoms with Crippen LogP contribution in [0.25, 0.3) is 0 Å². The van der Waals surface area contributed by atoms with Gasteiger partial charge in [-0.2, -0.15) is 0 Å². The van der Waals surface area contributed by atoms with Gasteiger partial charge in [-0.05, 0) is 26.7 Å². The molecule has 0 spiro atoms. The lowest BCUT2D eigenvalue weighted by Crippen LogP contribution is -2.09. The number of hydrogen-bond acceptors (Lipinski definition) is 4. The van der Waals surface area contributed by atoms with Crippen molar-refractivity contribution in [2.24, 2.45) is 0 Å². The lowest BCUT2D eigenvalue weighted by molar-refractivity contribution is 0.207. The highest BCUT2D eigenvalue weighted by molar-refractivity contribution is 5.39. The Morgan fingerprint density at radius 2 is 2.12 bits per heavy atom. The van der Waals surface area contributed by atoms with Crippen LogP contribution in [0, 0.1) is 0 Å². The van der Waals surface area contributed by atoms with E-state index in [4.69, 9.17) is 14.2 Å². The normalized spacial score (nSPS) is 15.0. The zero-order valence-electron chi connectivity index (χ0n) is 9.90. The second-order valence-corrected chi connectivity index (χ2v) is 4.16. The topological polar surface area (TPSA) is 40.6 Å². The Kier molecular flexibility index (Phi) is 3.17. The summed E-state index contributed by atoms with van der Waals surface area (Å²) in [5.74, 6) is 1.91. The Labute approximate surface area is 95.5 Å². The molecule has 0 saturated heterocycles. The summed E-state index contributed by atoms with van der Waals surface area (Å²) in [4.78, 5) is 4.20. The van der Waals surface area contributed by atoms with E-state index in [9.17, 15) is 0 Å². The van der Waals surface area contributed by atoms with E-state index in [0.29, 0.717) is 23.5 Å². The highest BCUT2D eigenvalue weighted by Gasteiger charge is 2.25. The number of rotatable bonds is 5. The van der Waals surface area contributed by atoms with Gasteiger partial charge in [0.1, 0.15) is 5.75 Å². The first kappa shape index (κ1) is 11.0. The number of aromatic nitrogens is 1. The molecule has 1 fully saturated rings. The van der Waals surface area contributed by atoms with Crippen LogP contribution in [0.1, 0.15) is 26.7 Å². The van der Waals surface area contributed by atoms with Crippen LogP contribution in [0.15, 0.2) is 12.3 Å². The molecule has 1 aromatic rings. The Balaban J connectivity index is 2.19. The average molecular weight is 223 g/mol. The van der Waals surface area contributed by atoms with Crippen molar-refractivity contribution in [3.63, 3.8) is 0 Å². The number of hydrogen-bond donors (Lipinski definition) is 0. The molecule has 1 heterocycles. The summed E-state index contributed by atoms with van der Waals surface area (Å²) in [6.07, 6.45) is 4.26. The van der Waals surface area contributed by atoms with Crippen LogP contribution in [0.3, 0.4) is 0 Å². The first-order valence-corrected chi connectivity index (χ1v) is 5.56. The summed E-state index contributed by atoms with van der Waals surface area (Å²) in [5.41, 5.74) is 0. The highest BCUT2D eigenvalue weighted by atomic mass is 16.5. The van der Waals surface area contributed by atoms with E-state index in [1.54, 1.807) is 13.3 Å². The fourth-order valence-corrected chi connectivity index (χ4v) is 1.29. The lowest BCUT2D eigenvalue weighted by atomic mass is 10.4. The molecule has 0 amide bonds. The van der Waals surface area contributed by atoms with Crippen LogP contribution in [0.5, 0.6) is 17.4 Å². The lowest BCUT2D eigenvalue weighted by Gasteiger charge is -2.14. The Morgan fingerprint density at radius 3 is 2.69 bits per heavy atom. The van der Waals surface area contributed by atoms with Gasteiger partial charge in [-0.3, -0.25) is 0 Å². The molecular weight excluding hydrogens is 206 g/mol. The Bertz CT molecular complexity index is 361. The van der Waals surface area contributed by atoms with E-state index in [-0.39, 0.29) is 6.10 Å². The second kappa shape index (κ2) is 4.60. The summed E-state index contributed by atoms with van der Waals surface area (Å²) in [6, 6.07) is 1.82. The third kappa shape index (κ3) is 2.78. The van der Waals surface area contributed by atoms with Crippen LogP contribution in [0.2, 0.25) is 0 Å². The van der Waals surface area contributed by atoms with Gasteiger partial charge < -0.3 is 14.2 Å². The maximum atomic E-state index is 5.73. The maximum Gasteiger partial charge on any atom is 0.257 e. The fourth-order valence-electron chi connectivity index (χ4n) is 1.29. The van der Waals surface area contributed by atoms with Crippen LogP contribution >= 0.6 is 0 Å². The van der Waals surface area contributed by atoms with Crippen molar-refractivity contribution in [2.45, 2.75) is 38.9 Å². The molecule has 4 nitrogen and oxygen atoms in total. The molecule has 0 atom stereocenters. The first-order valence-electron chi connectivity index (χ1n) is 5.56. The van der Waals surface area contributed by atoms with Gasteiger partial charge in [-0.1, -0.05) is 0 Å². The molecule has 0 N–H and O–H groups in total. The van der Waals surface area contributed by atoms with E-state index in [0.717, 1.165) is 12.8 Å². The second-order valence-electron chi connectivity index (χ2n) is 4.16. The third-order valence-electron chi connectivity index (χ3n) is 2.19. The molecule has 88 valence electrons. The van der Waals surface area contributed by atoms with Crippen molar-refractivity contribution in [2.75, 3.05) is 7.11 Å². The first-order chi connectivity index (χ1) is 7.69. The summed E-state index contributed by atoms with van der Waals surface area (Å²) in [5, 5.41) is 0. The molecule has 1 aliphatic rings. The maximum absolute atomic E-state index is 5.73. The van der Waals surface area contributed by atoms with Gasteiger partial charge >= 0.3 is 0 Å². The van der Waals surface area contributed by atoms with Crippen molar-refractivity contribution < 1.29 is 14.2 Å². The zero-order valence-corrected chi connectivity index (χ0v) is 9.90. The van der Waals surface area contributed by atoms with Crippen molar-refractivity contribution in [3.8, 4) is 17.4 Å². The minimum Gasteiger partial charge on any atom is -0.495 e. The van der Waals surface area contributed by atoms with Crippen molar-refractivity contribution in [3.05, 3.63) is 12.3 Å². The molecule has 1 aromatic heterocycles. The molecule has 0 aromatic carbocycles. The molecule has 0 bridgehead atoms. The van der Waals surface area contributed by atoms with E-state index < -0.39 is 0 Å². The van der Waals surface area contributed by atoms with E-state index in [1.165, 1.54) is 0 Å². The van der Waals surface area contributed by atoms with Crippen LogP contribution in [-0.4, -0.2) is 24.3 Å². The highest BCUT2D eigenvalue weighted by Crippen LogP contribution is 2.34. The van der Waals surface area contributed by atoms with Gasteiger partial charge in [0, 0.05) is 6.07 Å². The molecule has 16 heavy (non-hydrogen) atoms. The van der Waals surface area contributed by atoms with Gasteiger partial charge in [-0.15, -0.1) is 0 Å². The van der Waals surface area contributed by atoms with Gasteiger partial charge in [0.15, 0.2) is 5.75 Å². The molecule has 1 aliphatic carbocycles. The number of ether oxygens (including phenoxy) is 3. The van der Waals surface area contributed by atoms with Gasteiger partial charge in [0.05, 0.1) is 25.5 Å². The number of pyridine rings is 1. The summed E-state index contributed by atoms with van der Waals surface area (Å²) >= 11 is 0. The van der Waals surface area contributed by atoms with Crippen LogP contribution in [0.4, 0.5) is 0 Å². The van der Waals surface area contributed by atoms with Crippen molar-refractivity contribution in [1.29, 1.82) is 0 Å². The Hall–Kier alpha value is -1.45. The predicted molar refractivity (Wildman–Crippen MR) is 60.2 cm³/mol. The van der Waals surface area contributed by atoms with Crippen molar-refractivity contribution in [1.82, 2.24) is 4.98 Å². The molecule has 0 unspecified atom stereocenters. The number of nitrogens with zero attached hydrogens (tertiary/aromatic N) is 1. The van der Waals surface area contributed by atoms with E-state index in [1.807, 2.05) is 19.9 Å². The summed E-state index contributed by atoms with van der Waals surface area (Å²) in [6.45, 7) is 3.93. The van der Waals surface area contributed by atoms with E-state index in [2.05, 4.69) is 4.98 Å². The SMILES string of the molecule is COc1cnc(OC(C)C)c(OC2CC2)c1. The molecule has 0 aliphatic heterocycles. The fraction of sp³-hybridized carbons (Fsp3) is 0.583. The largest absolute Gasteiger partial charge is 0.495 e. The zero-order chi connectivity index (χ0) is 11.5. The molecular formula is C12H17NO3. The van der Waals surface area contributed by atoms with Gasteiger partial charge in [0.2, 0.25) is 0 Å². The molecule has 4 heteroatoms. The monoisotopic (exact) mass is 223 g/mol. The standard InChI is InChI=1S/C12H17NO3/c1-8(2)15-12-11(16-9-4-5-9)6-10(14-3)7-13-12/h6-9H,4-5H2,1-3H3. The molecule has 0 radical (unpaired) electrons. The van der Waals surface area contributed by atoms with Crippen molar-refractivity contribution >= 4 is 0 Å². The third-order valence-corrected chi connectivity index (χ3v) is 2.19. The van der Waals surface area contributed by atoms with Gasteiger partial charge in [-0.25, -0.2) is 4.98 Å². The number of methoxy groups -OCH3 is 1. The summed E-state index contributed by atoms with van der Waals surface area (Å²) in [7, 11) is 1.61. The average Bonchev–Trinajstić information content (AvgIpc) is 3.04. The predicted octanol–water partition coefficient (Wildman–Crippen LogP) is 2.42. The Morgan fingerprint density at radius 1 is 1.38 bits per heavy atom. The smallest absolute Gasteiger partial charge is 0.257 e.